The summed E-state index contributed by atoms with van der Waals surface area (Å²) < 4.78 is 10.8. The zero-order valence-electron chi connectivity index (χ0n) is 15.7. The first-order valence-corrected chi connectivity index (χ1v) is 15.9. The van der Waals surface area contributed by atoms with Gasteiger partial charge in [-0.2, -0.15) is 0 Å². The minimum atomic E-state index is -0.868. The molecular weight excluding hydrogens is 696 g/mol. The van der Waals surface area contributed by atoms with Gasteiger partial charge < -0.3 is 39.3 Å². The smallest absolute Gasteiger partial charge is 0.344 e. The fourth-order valence-corrected chi connectivity index (χ4v) is 6.96. The van der Waals surface area contributed by atoms with Crippen LogP contribution in [0, 0.1) is 0 Å². The molecule has 0 atom stereocenters. The maximum atomic E-state index is 10.1. The van der Waals surface area contributed by atoms with Crippen molar-refractivity contribution in [2.45, 2.75) is 0 Å². The van der Waals surface area contributed by atoms with Gasteiger partial charge in [-0.05, 0) is 43.2 Å². The molecule has 22 heteroatoms. The predicted octanol–water partition coefficient (Wildman–Crippen LogP) is 3.24. The third-order valence-electron chi connectivity index (χ3n) is 2.32. The zero-order valence-corrected chi connectivity index (χ0v) is 24.4. The van der Waals surface area contributed by atoms with Gasteiger partial charge in [-0.3, -0.25) is 0 Å². The molecule has 0 saturated carbocycles. The number of aliphatic carboxylic acids is 4. The second-order valence-electron chi connectivity index (χ2n) is 4.39. The summed E-state index contributed by atoms with van der Waals surface area (Å²) in [5, 5.41) is 33.1. The fraction of sp³-hybridized carbons (Fsp3) is 0. The first-order valence-electron chi connectivity index (χ1n) is 7.32. The van der Waals surface area contributed by atoms with E-state index in [1.807, 2.05) is 0 Å². The normalized spacial score (nSPS) is 16.2. The summed E-state index contributed by atoms with van der Waals surface area (Å²) in [7, 11) is 10.1. The molecule has 0 aromatic heterocycles. The minimum absolute atomic E-state index is 0. The second kappa shape index (κ2) is 21.0. The van der Waals surface area contributed by atoms with Crippen molar-refractivity contribution in [1.29, 1.82) is 0 Å². The topological polar surface area (TPSA) is 197 Å². The van der Waals surface area contributed by atoms with Crippen molar-refractivity contribution in [3.05, 3.63) is 44.4 Å². The molecule has 12 nitrogen and oxygen atoms in total. The average Bonchev–Trinajstić information content (AvgIpc) is 3.56. The molecular formula is C12H12Fe2N4O8S8. The predicted molar refractivity (Wildman–Crippen MR) is 136 cm³/mol. The van der Waals surface area contributed by atoms with E-state index in [1.54, 1.807) is 0 Å². The van der Waals surface area contributed by atoms with Gasteiger partial charge in [-0.25, -0.2) is 19.2 Å². The molecule has 34 heavy (non-hydrogen) atoms. The average molecular weight is 708 g/mol. The molecule has 192 valence electrons. The number of nitrogens with one attached hydrogen (secondary N) is 4. The molecule has 4 heterocycles. The van der Waals surface area contributed by atoms with Crippen LogP contribution in [-0.4, -0.2) is 44.3 Å². The molecule has 4 aliphatic rings. The molecule has 0 aromatic carbocycles. The summed E-state index contributed by atoms with van der Waals surface area (Å²) in [5.74, 6) is -3.47. The van der Waals surface area contributed by atoms with Gasteiger partial charge in [0, 0.05) is 103 Å². The molecule has 0 bridgehead atoms. The van der Waals surface area contributed by atoms with Crippen LogP contribution >= 0.6 is 87.1 Å². The summed E-state index contributed by atoms with van der Waals surface area (Å²) in [6.45, 7) is 0. The summed E-state index contributed by atoms with van der Waals surface area (Å²) in [4.78, 5) is 41.7. The van der Waals surface area contributed by atoms with Gasteiger partial charge in [0.1, 0.15) is 19.6 Å². The Kier molecular flexibility index (Phi) is 22.3. The Balaban J connectivity index is 0. The molecule has 0 spiro atoms. The van der Waals surface area contributed by atoms with Crippen molar-refractivity contribution in [3.63, 3.8) is 0 Å². The Morgan fingerprint density at radius 1 is 0.471 bits per heavy atom. The number of carboxylic acid groups (broad SMARTS) is 4. The largest absolute Gasteiger partial charge is 0.477 e. The first kappa shape index (κ1) is 36.0. The molecule has 8 N–H and O–H groups in total. The van der Waals surface area contributed by atoms with Crippen LogP contribution in [0.5, 0.6) is 0 Å². The van der Waals surface area contributed by atoms with Crippen molar-refractivity contribution in [2.75, 3.05) is 0 Å². The summed E-state index contributed by atoms with van der Waals surface area (Å²) in [6.07, 6.45) is 5.88. The number of carbonyl (C=O) groups is 4. The molecule has 0 radical (unpaired) electrons. The number of carboxylic acids is 4. The molecule has 4 aliphatic heterocycles. The van der Waals surface area contributed by atoms with Crippen molar-refractivity contribution in [3.8, 4) is 0 Å². The van der Waals surface area contributed by atoms with Crippen molar-refractivity contribution < 1.29 is 73.7 Å². The van der Waals surface area contributed by atoms with Crippen LogP contribution in [0.15, 0.2) is 44.4 Å². The quantitative estimate of drug-likeness (QED) is 0.120. The summed E-state index contributed by atoms with van der Waals surface area (Å²) in [6, 6.07) is 0. The van der Waals surface area contributed by atoms with E-state index in [0.717, 1.165) is 0 Å². The Bertz CT molecular complexity index is 724. The van der Waals surface area contributed by atoms with Crippen LogP contribution < -0.4 is 18.9 Å². The second-order valence-corrected chi connectivity index (χ2v) is 12.4. The van der Waals surface area contributed by atoms with Crippen LogP contribution in [-0.2, 0) is 53.3 Å². The van der Waals surface area contributed by atoms with Crippen LogP contribution in [0.1, 0.15) is 0 Å². The van der Waals surface area contributed by atoms with Gasteiger partial charge in [-0.15, -0.1) is 0 Å². The number of hydrogen-bond donors (Lipinski definition) is 8. The van der Waals surface area contributed by atoms with Gasteiger partial charge >= 0.3 is 23.9 Å². The van der Waals surface area contributed by atoms with E-state index in [9.17, 15) is 19.2 Å². The third-order valence-corrected chi connectivity index (χ3v) is 9.71. The van der Waals surface area contributed by atoms with E-state index in [-0.39, 0.29) is 34.1 Å². The van der Waals surface area contributed by atoms with Crippen molar-refractivity contribution in [2.24, 2.45) is 0 Å². The Morgan fingerprint density at radius 3 is 0.706 bits per heavy atom. The molecule has 0 fully saturated rings. The number of rotatable bonds is 4. The summed E-state index contributed by atoms with van der Waals surface area (Å²) in [5.41, 5.74) is 0. The SMILES string of the molecule is O=C(O)C1=CNSS1.O=C(O)C1=CNSS1.O=C(O)C1=CNSS1.O=C(O)C1=CNSS1.[Fe].[Fe]. The standard InChI is InChI=1S/4C3H3NO2S2.2Fe/c4*5-3(6)2-1-4-8-7-2;;/h4*1,4H,(H,5,6);;. The van der Waals surface area contributed by atoms with Crippen LogP contribution in [0.25, 0.3) is 0 Å². The monoisotopic (exact) mass is 708 g/mol. The maximum absolute atomic E-state index is 10.1. The Labute approximate surface area is 245 Å². The van der Waals surface area contributed by atoms with E-state index in [4.69, 9.17) is 20.4 Å². The molecule has 0 unspecified atom stereocenters. The van der Waals surface area contributed by atoms with Gasteiger partial charge in [-0.1, -0.05) is 0 Å². The molecule has 0 amide bonds. The molecule has 0 aromatic rings. The fourth-order valence-electron chi connectivity index (χ4n) is 1.07. The Hall–Kier alpha value is -0.121. The third kappa shape index (κ3) is 15.8. The van der Waals surface area contributed by atoms with Crippen molar-refractivity contribution in [1.82, 2.24) is 18.9 Å². The minimum Gasteiger partial charge on any atom is -0.477 e. The maximum Gasteiger partial charge on any atom is 0.344 e. The van der Waals surface area contributed by atoms with E-state index < -0.39 is 23.9 Å². The molecule has 0 aliphatic carbocycles. The van der Waals surface area contributed by atoms with Crippen LogP contribution in [0.4, 0.5) is 0 Å². The van der Waals surface area contributed by atoms with Gasteiger partial charge in [0.2, 0.25) is 0 Å². The molecule has 0 saturated heterocycles. The molecule has 4 rings (SSSR count). The van der Waals surface area contributed by atoms with Gasteiger partial charge in [0.15, 0.2) is 0 Å². The van der Waals surface area contributed by atoms with E-state index >= 15 is 0 Å². The van der Waals surface area contributed by atoms with Gasteiger partial charge in [0.05, 0.1) is 0 Å². The zero-order chi connectivity index (χ0) is 23.9. The number of hydrogen-bond acceptors (Lipinski definition) is 16. The Morgan fingerprint density at radius 2 is 0.647 bits per heavy atom. The van der Waals surface area contributed by atoms with Crippen molar-refractivity contribution >= 4 is 111 Å². The van der Waals surface area contributed by atoms with E-state index in [0.29, 0.717) is 19.6 Å². The van der Waals surface area contributed by atoms with Crippen LogP contribution in [0.3, 0.4) is 0 Å². The van der Waals surface area contributed by atoms with Gasteiger partial charge in [0.25, 0.3) is 0 Å². The van der Waals surface area contributed by atoms with E-state index in [1.165, 1.54) is 112 Å². The van der Waals surface area contributed by atoms with E-state index in [2.05, 4.69) is 18.9 Å². The van der Waals surface area contributed by atoms with Crippen LogP contribution in [0.2, 0.25) is 0 Å². The summed E-state index contributed by atoms with van der Waals surface area (Å²) >= 11 is 0. The first-order chi connectivity index (χ1) is 15.2.